The number of ether oxygens (including phenoxy) is 1. The highest BCUT2D eigenvalue weighted by Gasteiger charge is 2.25. The molecule has 0 saturated carbocycles. The number of methoxy groups -OCH3 is 1. The molecule has 2 aliphatic heterocycles. The summed E-state index contributed by atoms with van der Waals surface area (Å²) in [5, 5.41) is 4.19. The van der Waals surface area contributed by atoms with E-state index < -0.39 is 0 Å². The van der Waals surface area contributed by atoms with Crippen molar-refractivity contribution in [2.75, 3.05) is 37.0 Å². The van der Waals surface area contributed by atoms with Crippen LogP contribution in [-0.2, 0) is 22.5 Å². The molecule has 0 aliphatic carbocycles. The fraction of sp³-hybridized carbons (Fsp3) is 0.548. The predicted molar refractivity (Wildman–Crippen MR) is 162 cm³/mol. The minimum Gasteiger partial charge on any atom is -0.469 e. The number of likely N-dealkylation sites (tertiary alicyclic amines) is 1. The zero-order valence-electron chi connectivity index (χ0n) is 24.6. The number of aryl methyl sites for hydroxylation is 2. The molecule has 5 rings (SSSR count). The van der Waals surface area contributed by atoms with Gasteiger partial charge in [-0.3, -0.25) is 9.69 Å². The molecule has 2 aromatic heterocycles. The first-order valence-corrected chi connectivity index (χ1v) is 15.6. The van der Waals surface area contributed by atoms with Gasteiger partial charge in [-0.05, 0) is 88.6 Å². The molecule has 10 heteroatoms. The Morgan fingerprint density at radius 1 is 1.12 bits per heavy atom. The second-order valence-electron chi connectivity index (χ2n) is 11.3. The van der Waals surface area contributed by atoms with Gasteiger partial charge in [0.05, 0.1) is 12.8 Å². The number of nitrogens with one attached hydrogen (secondary N) is 1. The summed E-state index contributed by atoms with van der Waals surface area (Å²) in [6.07, 6.45) is 6.55. The standard InChI is InChI=1S/C31H41FN6O2S/c1-5-22-15-24(17-25(32)16-22)30-26(19-38-12-6-7-20(38)2)41-31(36-30)35-27-18-28(34-21(3)33-27)37-13-10-23(11-14-37)8-9-29(39)40-4/h15-18,20,23H,5-14,19H2,1-4H3,(H,33,34,35,36)/t20-/m1/s1. The highest BCUT2D eigenvalue weighted by atomic mass is 32.1. The maximum atomic E-state index is 14.5. The third kappa shape index (κ3) is 7.40. The lowest BCUT2D eigenvalue weighted by Gasteiger charge is -2.33. The number of piperidine rings is 1. The lowest BCUT2D eigenvalue weighted by Crippen LogP contribution is -2.34. The number of anilines is 3. The molecule has 0 bridgehead atoms. The van der Waals surface area contributed by atoms with Gasteiger partial charge in [-0.25, -0.2) is 19.3 Å². The Morgan fingerprint density at radius 3 is 2.63 bits per heavy atom. The van der Waals surface area contributed by atoms with Crippen molar-refractivity contribution >= 4 is 34.1 Å². The fourth-order valence-electron chi connectivity index (χ4n) is 5.90. The molecule has 1 atom stereocenters. The zero-order chi connectivity index (χ0) is 28.9. The molecule has 1 N–H and O–H groups in total. The number of carbonyl (C=O) groups is 1. The summed E-state index contributed by atoms with van der Waals surface area (Å²) in [7, 11) is 1.44. The number of halogens is 1. The van der Waals surface area contributed by atoms with Gasteiger partial charge in [0.1, 0.15) is 23.3 Å². The van der Waals surface area contributed by atoms with Gasteiger partial charge in [0, 0.05) is 48.6 Å². The smallest absolute Gasteiger partial charge is 0.305 e. The van der Waals surface area contributed by atoms with Crippen LogP contribution >= 0.6 is 11.3 Å². The molecule has 4 heterocycles. The number of hydrogen-bond acceptors (Lipinski definition) is 9. The SMILES string of the molecule is CCc1cc(F)cc(-c2nc(Nc3cc(N4CCC(CCC(=O)OC)CC4)nc(C)n3)sc2CN2CCC[C@H]2C)c1. The van der Waals surface area contributed by atoms with Crippen molar-refractivity contribution in [3.8, 4) is 11.3 Å². The number of rotatable bonds is 10. The van der Waals surface area contributed by atoms with Crippen LogP contribution in [0.3, 0.4) is 0 Å². The number of hydrogen-bond donors (Lipinski definition) is 1. The fourth-order valence-corrected chi connectivity index (χ4v) is 6.92. The lowest BCUT2D eigenvalue weighted by atomic mass is 9.92. The molecule has 2 aliphatic rings. The van der Waals surface area contributed by atoms with Crippen molar-refractivity contribution in [2.45, 2.75) is 78.3 Å². The van der Waals surface area contributed by atoms with Gasteiger partial charge in [0.15, 0.2) is 5.13 Å². The zero-order valence-corrected chi connectivity index (χ0v) is 25.4. The minimum atomic E-state index is -0.229. The Balaban J connectivity index is 1.35. The highest BCUT2D eigenvalue weighted by molar-refractivity contribution is 7.16. The summed E-state index contributed by atoms with van der Waals surface area (Å²) in [6.45, 7) is 9.87. The summed E-state index contributed by atoms with van der Waals surface area (Å²) in [6, 6.07) is 7.76. The number of thiazole rings is 1. The Bertz CT molecular complexity index is 1360. The number of esters is 1. The van der Waals surface area contributed by atoms with Gasteiger partial charge in [-0.15, -0.1) is 0 Å². The van der Waals surface area contributed by atoms with Gasteiger partial charge in [0.2, 0.25) is 0 Å². The van der Waals surface area contributed by atoms with Crippen LogP contribution in [0.1, 0.15) is 68.6 Å². The van der Waals surface area contributed by atoms with Crippen molar-refractivity contribution in [1.29, 1.82) is 0 Å². The summed E-state index contributed by atoms with van der Waals surface area (Å²) in [4.78, 5) is 31.8. The molecular weight excluding hydrogens is 539 g/mol. The first kappa shape index (κ1) is 29.4. The maximum absolute atomic E-state index is 14.5. The molecule has 0 spiro atoms. The number of aromatic nitrogens is 3. The Kier molecular flexibility index (Phi) is 9.49. The van der Waals surface area contributed by atoms with Gasteiger partial charge < -0.3 is 15.0 Å². The van der Waals surface area contributed by atoms with Crippen molar-refractivity contribution in [3.63, 3.8) is 0 Å². The average molecular weight is 581 g/mol. The van der Waals surface area contributed by atoms with Crippen LogP contribution in [0.25, 0.3) is 11.3 Å². The summed E-state index contributed by atoms with van der Waals surface area (Å²) in [5.41, 5.74) is 2.63. The molecule has 41 heavy (non-hydrogen) atoms. The number of carbonyl (C=O) groups excluding carboxylic acids is 1. The molecule has 0 unspecified atom stereocenters. The van der Waals surface area contributed by atoms with Crippen LogP contribution in [0.4, 0.5) is 21.2 Å². The second kappa shape index (κ2) is 13.2. The Morgan fingerprint density at radius 2 is 1.93 bits per heavy atom. The van der Waals surface area contributed by atoms with Crippen LogP contribution in [0.2, 0.25) is 0 Å². The molecule has 3 aromatic rings. The van der Waals surface area contributed by atoms with Crippen LogP contribution in [0.15, 0.2) is 24.3 Å². The minimum absolute atomic E-state index is 0.138. The Labute approximate surface area is 246 Å². The molecule has 220 valence electrons. The molecule has 2 saturated heterocycles. The highest BCUT2D eigenvalue weighted by Crippen LogP contribution is 2.36. The van der Waals surface area contributed by atoms with Gasteiger partial charge in [-0.2, -0.15) is 0 Å². The van der Waals surface area contributed by atoms with E-state index in [1.807, 2.05) is 19.9 Å². The van der Waals surface area contributed by atoms with E-state index in [1.165, 1.54) is 20.0 Å². The van der Waals surface area contributed by atoms with Crippen molar-refractivity contribution in [3.05, 3.63) is 46.3 Å². The van der Waals surface area contributed by atoms with E-state index in [4.69, 9.17) is 14.7 Å². The summed E-state index contributed by atoms with van der Waals surface area (Å²) < 4.78 is 19.3. The van der Waals surface area contributed by atoms with Crippen molar-refractivity contribution in [2.24, 2.45) is 5.92 Å². The average Bonchev–Trinajstić information content (AvgIpc) is 3.56. The normalized spacial score (nSPS) is 18.2. The largest absolute Gasteiger partial charge is 0.469 e. The van der Waals surface area contributed by atoms with Crippen LogP contribution in [-0.4, -0.2) is 58.6 Å². The molecule has 0 amide bonds. The van der Waals surface area contributed by atoms with E-state index in [0.29, 0.717) is 30.0 Å². The van der Waals surface area contributed by atoms with E-state index >= 15 is 0 Å². The molecule has 8 nitrogen and oxygen atoms in total. The van der Waals surface area contributed by atoms with E-state index in [9.17, 15) is 9.18 Å². The van der Waals surface area contributed by atoms with Gasteiger partial charge in [0.25, 0.3) is 0 Å². The number of benzene rings is 1. The van der Waals surface area contributed by atoms with Crippen LogP contribution < -0.4 is 10.2 Å². The second-order valence-corrected chi connectivity index (χ2v) is 12.4. The van der Waals surface area contributed by atoms with E-state index in [1.54, 1.807) is 23.5 Å². The van der Waals surface area contributed by atoms with Crippen molar-refractivity contribution < 1.29 is 13.9 Å². The molecule has 1 aromatic carbocycles. The maximum Gasteiger partial charge on any atom is 0.305 e. The number of nitrogens with zero attached hydrogens (tertiary/aromatic N) is 5. The van der Waals surface area contributed by atoms with E-state index in [2.05, 4.69) is 33.1 Å². The van der Waals surface area contributed by atoms with Crippen LogP contribution in [0, 0.1) is 18.7 Å². The molecular formula is C31H41FN6O2S. The predicted octanol–water partition coefficient (Wildman–Crippen LogP) is 6.51. The third-order valence-electron chi connectivity index (χ3n) is 8.36. The first-order valence-electron chi connectivity index (χ1n) is 14.8. The topological polar surface area (TPSA) is 83.5 Å². The third-order valence-corrected chi connectivity index (χ3v) is 9.31. The summed E-state index contributed by atoms with van der Waals surface area (Å²) in [5.74, 6) is 2.45. The molecule has 2 fully saturated rings. The van der Waals surface area contributed by atoms with E-state index in [0.717, 1.165) is 84.5 Å². The quantitative estimate of drug-likeness (QED) is 0.272. The monoisotopic (exact) mass is 580 g/mol. The molecule has 0 radical (unpaired) electrons. The van der Waals surface area contributed by atoms with E-state index in [-0.39, 0.29) is 11.8 Å². The van der Waals surface area contributed by atoms with Crippen LogP contribution in [0.5, 0.6) is 0 Å². The van der Waals surface area contributed by atoms with Gasteiger partial charge in [-0.1, -0.05) is 18.3 Å². The van der Waals surface area contributed by atoms with Crippen molar-refractivity contribution in [1.82, 2.24) is 19.9 Å². The van der Waals surface area contributed by atoms with Gasteiger partial charge >= 0.3 is 5.97 Å². The summed E-state index contributed by atoms with van der Waals surface area (Å²) >= 11 is 1.62. The first-order chi connectivity index (χ1) is 19.8. The lowest BCUT2D eigenvalue weighted by molar-refractivity contribution is -0.141. The Hall–Kier alpha value is -3.11.